The fraction of sp³-hybridized carbons (Fsp3) is 0.478. The maximum atomic E-state index is 13.4. The predicted octanol–water partition coefficient (Wildman–Crippen LogP) is 3.43. The third-order valence-electron chi connectivity index (χ3n) is 5.97. The van der Waals surface area contributed by atoms with Crippen LogP contribution in [0.1, 0.15) is 51.2 Å². The summed E-state index contributed by atoms with van der Waals surface area (Å²) in [6, 6.07) is 5.80. The van der Waals surface area contributed by atoms with Crippen LogP contribution in [0.15, 0.2) is 30.5 Å². The van der Waals surface area contributed by atoms with E-state index in [2.05, 4.69) is 4.90 Å². The van der Waals surface area contributed by atoms with Gasteiger partial charge < -0.3 is 4.90 Å². The Kier molecular flexibility index (Phi) is 3.33. The Labute approximate surface area is 175 Å². The van der Waals surface area contributed by atoms with Crippen molar-refractivity contribution in [2.45, 2.75) is 39.5 Å². The van der Waals surface area contributed by atoms with Crippen molar-refractivity contribution in [1.82, 2.24) is 14.4 Å². The van der Waals surface area contributed by atoms with E-state index in [4.69, 9.17) is 8.22 Å². The molecule has 1 aliphatic heterocycles. The van der Waals surface area contributed by atoms with Crippen LogP contribution in [-0.2, 0) is 11.2 Å². The Balaban J connectivity index is 1.76. The van der Waals surface area contributed by atoms with E-state index >= 15 is 0 Å². The smallest absolute Gasteiger partial charge is 0.230 e. The van der Waals surface area contributed by atoms with Gasteiger partial charge in [0.05, 0.1) is 11.4 Å². The van der Waals surface area contributed by atoms with E-state index in [1.807, 2.05) is 44.4 Å². The monoisotopic (exact) mass is 385 g/mol. The van der Waals surface area contributed by atoms with Crippen LogP contribution in [0.2, 0.25) is 0 Å². The average molecular weight is 386 g/mol. The number of aromatic nitrogens is 1. The highest BCUT2D eigenvalue weighted by molar-refractivity contribution is 6.03. The van der Waals surface area contributed by atoms with Crippen LogP contribution < -0.4 is 0 Å². The van der Waals surface area contributed by atoms with Crippen molar-refractivity contribution < 1.29 is 17.8 Å². The van der Waals surface area contributed by atoms with E-state index < -0.39 is 38.6 Å². The van der Waals surface area contributed by atoms with Crippen molar-refractivity contribution in [3.8, 4) is 0 Å². The highest BCUT2D eigenvalue weighted by Gasteiger charge is 2.37. The van der Waals surface area contributed by atoms with E-state index in [-0.39, 0.29) is 11.9 Å². The van der Waals surface area contributed by atoms with E-state index in [9.17, 15) is 9.59 Å². The fourth-order valence-electron chi connectivity index (χ4n) is 4.53. The van der Waals surface area contributed by atoms with Gasteiger partial charge in [-0.05, 0) is 49.9 Å². The van der Waals surface area contributed by atoms with Gasteiger partial charge in [0.15, 0.2) is 0 Å². The predicted molar refractivity (Wildman–Crippen MR) is 112 cm³/mol. The molecule has 0 saturated heterocycles. The number of likely N-dealkylation sites (N-methyl/N-ethyl adjacent to an activating group) is 1. The molecule has 1 aliphatic carbocycles. The fourth-order valence-corrected chi connectivity index (χ4v) is 4.53. The first-order chi connectivity index (χ1) is 15.8. The van der Waals surface area contributed by atoms with Gasteiger partial charge in [-0.1, -0.05) is 25.1 Å². The maximum absolute atomic E-state index is 13.4. The molecule has 2 heterocycles. The molecular formula is C23H29N3O2. The zero-order valence-corrected chi connectivity index (χ0v) is 16.2. The highest BCUT2D eigenvalue weighted by atomic mass is 16.2. The van der Waals surface area contributed by atoms with Crippen molar-refractivity contribution in [2.75, 3.05) is 26.7 Å². The minimum absolute atomic E-state index is 0.00779. The second kappa shape index (κ2) is 7.21. The molecule has 1 aromatic carbocycles. The third-order valence-corrected chi connectivity index (χ3v) is 5.97. The Morgan fingerprint density at radius 3 is 2.79 bits per heavy atom. The number of fused-ring (bicyclic) bond motifs is 2. The van der Waals surface area contributed by atoms with Gasteiger partial charge in [0.2, 0.25) is 11.8 Å². The molecule has 0 radical (unpaired) electrons. The number of hydrogen-bond donors (Lipinski definition) is 0. The molecule has 148 valence electrons. The van der Waals surface area contributed by atoms with Crippen LogP contribution in [0.3, 0.4) is 0 Å². The number of carbonyl (C=O) groups excluding carboxylic acids is 2. The minimum atomic E-state index is -2.46. The summed E-state index contributed by atoms with van der Waals surface area (Å²) in [5.74, 6) is -1.16. The highest BCUT2D eigenvalue weighted by Crippen LogP contribution is 2.41. The van der Waals surface area contributed by atoms with Crippen LogP contribution in [-0.4, -0.2) is 58.9 Å². The normalized spacial score (nSPS) is 25.4. The summed E-state index contributed by atoms with van der Waals surface area (Å²) >= 11 is 0. The molecule has 2 aromatic rings. The Hall–Kier alpha value is -2.40. The summed E-state index contributed by atoms with van der Waals surface area (Å²) in [6.07, 6.45) is 4.86. The lowest BCUT2D eigenvalue weighted by Crippen LogP contribution is -2.47. The largest absolute Gasteiger partial charge is 0.343 e. The maximum Gasteiger partial charge on any atom is 0.230 e. The zero-order valence-electron chi connectivity index (χ0n) is 22.2. The lowest BCUT2D eigenvalue weighted by Gasteiger charge is -2.40. The number of carbonyl (C=O) groups is 2. The van der Waals surface area contributed by atoms with Crippen LogP contribution >= 0.6 is 0 Å². The average Bonchev–Trinajstić information content (AvgIpc) is 3.10. The number of hydrogen-bond acceptors (Lipinski definition) is 3. The Bertz CT molecular complexity index is 1150. The molecule has 2 aliphatic rings. The second-order valence-corrected chi connectivity index (χ2v) is 7.55. The van der Waals surface area contributed by atoms with Gasteiger partial charge >= 0.3 is 0 Å². The lowest BCUT2D eigenvalue weighted by molar-refractivity contribution is -0.134. The number of rotatable bonds is 4. The molecule has 4 rings (SSSR count). The second-order valence-electron chi connectivity index (χ2n) is 7.55. The Morgan fingerprint density at radius 2 is 2.07 bits per heavy atom. The third kappa shape index (κ3) is 2.80. The van der Waals surface area contributed by atoms with Gasteiger partial charge in [0.1, 0.15) is 0 Å². The first-order valence-electron chi connectivity index (χ1n) is 12.7. The summed E-state index contributed by atoms with van der Waals surface area (Å²) in [4.78, 5) is 28.9. The topological polar surface area (TPSA) is 45.6 Å². The molecular weight excluding hydrogens is 350 g/mol. The molecule has 0 fully saturated rings. The molecule has 0 N–H and O–H groups in total. The molecule has 28 heavy (non-hydrogen) atoms. The number of nitrogens with zero attached hydrogens (tertiary/aromatic N) is 3. The molecule has 1 aromatic heterocycles. The van der Waals surface area contributed by atoms with Gasteiger partial charge in [0.25, 0.3) is 0 Å². The number of benzene rings is 1. The van der Waals surface area contributed by atoms with Crippen molar-refractivity contribution in [3.05, 3.63) is 41.6 Å². The molecule has 2 atom stereocenters. The summed E-state index contributed by atoms with van der Waals surface area (Å²) in [6.45, 7) is -3.97. The summed E-state index contributed by atoms with van der Waals surface area (Å²) in [7, 11) is 1.91. The van der Waals surface area contributed by atoms with Crippen LogP contribution in [0.4, 0.5) is 0 Å². The van der Waals surface area contributed by atoms with Crippen molar-refractivity contribution >= 4 is 28.3 Å². The number of amides is 1. The van der Waals surface area contributed by atoms with Crippen molar-refractivity contribution in [1.29, 1.82) is 0 Å². The molecule has 5 heteroatoms. The molecule has 0 unspecified atom stereocenters. The molecule has 0 bridgehead atoms. The van der Waals surface area contributed by atoms with E-state index in [0.29, 0.717) is 19.4 Å². The Morgan fingerprint density at radius 1 is 1.29 bits per heavy atom. The van der Waals surface area contributed by atoms with Gasteiger partial charge in [-0.25, -0.2) is 0 Å². The SMILES string of the molecule is [2H]C([2H])([2H])CN(CC([2H])([2H])[2H])C(=O)[C@@H]1C=C2c3cccc4c3c(cn4C(=O)CC)C[C@H]2N(C)C1. The van der Waals surface area contributed by atoms with E-state index in [1.165, 1.54) is 0 Å². The zero-order chi connectivity index (χ0) is 25.0. The first kappa shape index (κ1) is 12.9. The van der Waals surface area contributed by atoms with Crippen LogP contribution in [0, 0.1) is 5.92 Å². The first-order valence-corrected chi connectivity index (χ1v) is 9.66. The summed E-state index contributed by atoms with van der Waals surface area (Å²) in [5.41, 5.74) is 3.82. The summed E-state index contributed by atoms with van der Waals surface area (Å²) < 4.78 is 47.1. The molecule has 5 nitrogen and oxygen atoms in total. The van der Waals surface area contributed by atoms with Crippen LogP contribution in [0.25, 0.3) is 16.5 Å². The van der Waals surface area contributed by atoms with Crippen molar-refractivity contribution in [2.24, 2.45) is 5.92 Å². The van der Waals surface area contributed by atoms with Gasteiger partial charge in [-0.15, -0.1) is 0 Å². The molecule has 1 amide bonds. The summed E-state index contributed by atoms with van der Waals surface area (Å²) in [5, 5.41) is 0.995. The van der Waals surface area contributed by atoms with E-state index in [0.717, 1.165) is 32.5 Å². The van der Waals surface area contributed by atoms with E-state index in [1.54, 1.807) is 4.57 Å². The molecule has 0 saturated carbocycles. The molecule has 0 spiro atoms. The standard InChI is InChI=1S/C23H29N3O2/c1-5-21(27)26-14-15-12-20-18(17-9-8-10-19(26)22(15)17)11-16(13-24(20)4)23(28)25(6-2)7-3/h8-11,14,16,20H,5-7,12-13H2,1-4H3/t16-,20-/m1/s1/i2D3,3D3. The minimum Gasteiger partial charge on any atom is -0.343 e. The van der Waals surface area contributed by atoms with Crippen LogP contribution in [0.5, 0.6) is 0 Å². The van der Waals surface area contributed by atoms with Gasteiger partial charge in [0, 0.05) is 51.9 Å². The quantitative estimate of drug-likeness (QED) is 0.810. The van der Waals surface area contributed by atoms with Gasteiger partial charge in [-0.2, -0.15) is 0 Å². The van der Waals surface area contributed by atoms with Gasteiger partial charge in [-0.3, -0.25) is 19.1 Å². The van der Waals surface area contributed by atoms with Crippen molar-refractivity contribution in [3.63, 3.8) is 0 Å². The lowest BCUT2D eigenvalue weighted by atomic mass is 9.79.